The lowest BCUT2D eigenvalue weighted by Crippen LogP contribution is -2.27. The number of rotatable bonds is 5. The molecule has 1 aromatic rings. The average molecular weight is 227 g/mol. The lowest BCUT2D eigenvalue weighted by Gasteiger charge is -2.21. The van der Waals surface area contributed by atoms with Crippen LogP contribution in [0.15, 0.2) is 12.1 Å². The zero-order valence-electron chi connectivity index (χ0n) is 9.99. The Hall–Kier alpha value is -0.380. The van der Waals surface area contributed by atoms with Gasteiger partial charge in [-0.2, -0.15) is 0 Å². The van der Waals surface area contributed by atoms with Gasteiger partial charge in [-0.25, -0.2) is 0 Å². The van der Waals surface area contributed by atoms with Crippen LogP contribution >= 0.6 is 11.3 Å². The number of ether oxygens (including phenoxy) is 1. The Morgan fingerprint density at radius 2 is 2.00 bits per heavy atom. The van der Waals surface area contributed by atoms with Crippen molar-refractivity contribution in [3.63, 3.8) is 0 Å². The first-order valence-corrected chi connectivity index (χ1v) is 6.26. The molecule has 1 aromatic heterocycles. The van der Waals surface area contributed by atoms with Gasteiger partial charge in [-0.05, 0) is 31.9 Å². The van der Waals surface area contributed by atoms with Gasteiger partial charge in [0, 0.05) is 22.4 Å². The third-order valence-electron chi connectivity index (χ3n) is 2.13. The molecule has 0 fully saturated rings. The minimum absolute atomic E-state index is 0.0433. The Kier molecular flexibility index (Phi) is 4.77. The number of aryl methyl sites for hydroxylation is 1. The largest absolute Gasteiger partial charge is 0.371 e. The summed E-state index contributed by atoms with van der Waals surface area (Å²) in [6, 6.07) is 4.28. The second-order valence-corrected chi connectivity index (χ2v) is 5.77. The molecule has 0 aromatic carbocycles. The van der Waals surface area contributed by atoms with E-state index in [1.54, 1.807) is 11.3 Å². The molecule has 3 heteroatoms. The lowest BCUT2D eigenvalue weighted by molar-refractivity contribution is 0.0243. The maximum atomic E-state index is 5.95. The summed E-state index contributed by atoms with van der Waals surface area (Å²) in [6.45, 7) is 9.17. The molecule has 2 nitrogen and oxygen atoms in total. The molecular weight excluding hydrogens is 206 g/mol. The maximum absolute atomic E-state index is 5.95. The van der Waals surface area contributed by atoms with Crippen LogP contribution in [0.4, 0.5) is 0 Å². The molecule has 0 aliphatic carbocycles. The van der Waals surface area contributed by atoms with E-state index in [0.717, 1.165) is 6.61 Å². The molecule has 0 spiro atoms. The van der Waals surface area contributed by atoms with Gasteiger partial charge in [0.15, 0.2) is 0 Å². The number of hydrogen-bond donors (Lipinski definition) is 1. The second kappa shape index (κ2) is 5.64. The second-order valence-electron chi connectivity index (χ2n) is 4.46. The van der Waals surface area contributed by atoms with Crippen molar-refractivity contribution in [2.75, 3.05) is 6.61 Å². The lowest BCUT2D eigenvalue weighted by atomic mass is 10.1. The van der Waals surface area contributed by atoms with Crippen LogP contribution in [0, 0.1) is 12.8 Å². The van der Waals surface area contributed by atoms with Crippen molar-refractivity contribution in [1.29, 1.82) is 0 Å². The van der Waals surface area contributed by atoms with Crippen LogP contribution < -0.4 is 5.73 Å². The van der Waals surface area contributed by atoms with Crippen molar-refractivity contribution in [1.82, 2.24) is 0 Å². The highest BCUT2D eigenvalue weighted by Gasteiger charge is 2.18. The first kappa shape index (κ1) is 12.7. The van der Waals surface area contributed by atoms with E-state index >= 15 is 0 Å². The van der Waals surface area contributed by atoms with E-state index in [-0.39, 0.29) is 12.1 Å². The van der Waals surface area contributed by atoms with E-state index in [0.29, 0.717) is 5.92 Å². The third kappa shape index (κ3) is 3.93. The normalized spacial score (nSPS) is 15.6. The van der Waals surface area contributed by atoms with E-state index < -0.39 is 0 Å². The van der Waals surface area contributed by atoms with Gasteiger partial charge in [-0.3, -0.25) is 0 Å². The van der Waals surface area contributed by atoms with Crippen molar-refractivity contribution >= 4 is 11.3 Å². The standard InChI is InChI=1S/C12H21NOS/c1-8(2)7-14-12(10(4)13)11-6-5-9(3)15-11/h5-6,8,10,12H,7,13H2,1-4H3. The molecule has 86 valence electrons. The monoisotopic (exact) mass is 227 g/mol. The zero-order chi connectivity index (χ0) is 11.4. The minimum Gasteiger partial charge on any atom is -0.371 e. The van der Waals surface area contributed by atoms with Gasteiger partial charge >= 0.3 is 0 Å². The van der Waals surface area contributed by atoms with Crippen LogP contribution in [0.3, 0.4) is 0 Å². The van der Waals surface area contributed by atoms with Crippen molar-refractivity contribution in [3.8, 4) is 0 Å². The quantitative estimate of drug-likeness (QED) is 0.839. The summed E-state index contributed by atoms with van der Waals surface area (Å²) in [5.74, 6) is 0.548. The number of thiophene rings is 1. The highest BCUT2D eigenvalue weighted by atomic mass is 32.1. The van der Waals surface area contributed by atoms with Crippen LogP contribution in [0.5, 0.6) is 0 Å². The molecule has 15 heavy (non-hydrogen) atoms. The van der Waals surface area contributed by atoms with Gasteiger partial charge in [-0.15, -0.1) is 11.3 Å². The summed E-state index contributed by atoms with van der Waals surface area (Å²) >= 11 is 1.77. The van der Waals surface area contributed by atoms with E-state index in [4.69, 9.17) is 10.5 Å². The first-order valence-electron chi connectivity index (χ1n) is 5.44. The molecule has 0 aliphatic heterocycles. The van der Waals surface area contributed by atoms with Crippen LogP contribution in [0.25, 0.3) is 0 Å². The smallest absolute Gasteiger partial charge is 0.106 e. The van der Waals surface area contributed by atoms with Crippen molar-refractivity contribution in [2.24, 2.45) is 11.7 Å². The third-order valence-corrected chi connectivity index (χ3v) is 3.19. The molecule has 2 unspecified atom stereocenters. The molecule has 0 bridgehead atoms. The van der Waals surface area contributed by atoms with Crippen molar-refractivity contribution < 1.29 is 4.74 Å². The minimum atomic E-state index is 0.0433. The summed E-state index contributed by atoms with van der Waals surface area (Å²) < 4.78 is 5.85. The molecule has 0 radical (unpaired) electrons. The predicted molar refractivity (Wildman–Crippen MR) is 66.2 cm³/mol. The van der Waals surface area contributed by atoms with E-state index in [1.165, 1.54) is 9.75 Å². The first-order chi connectivity index (χ1) is 7.00. The van der Waals surface area contributed by atoms with Gasteiger partial charge in [0.1, 0.15) is 6.10 Å². The van der Waals surface area contributed by atoms with E-state index in [1.807, 2.05) is 6.92 Å². The van der Waals surface area contributed by atoms with Gasteiger partial charge in [0.2, 0.25) is 0 Å². The molecule has 1 heterocycles. The molecule has 1 rings (SSSR count). The predicted octanol–water partition coefficient (Wildman–Crippen LogP) is 3.12. The molecule has 0 saturated carbocycles. The van der Waals surface area contributed by atoms with Crippen LogP contribution in [0.2, 0.25) is 0 Å². The summed E-state index contributed by atoms with van der Waals surface area (Å²) in [6.07, 6.45) is 0.0473. The summed E-state index contributed by atoms with van der Waals surface area (Å²) in [5, 5.41) is 0. The molecular formula is C12H21NOS. The van der Waals surface area contributed by atoms with Crippen LogP contribution in [-0.2, 0) is 4.74 Å². The zero-order valence-corrected chi connectivity index (χ0v) is 10.8. The number of hydrogen-bond acceptors (Lipinski definition) is 3. The summed E-state index contributed by atoms with van der Waals surface area (Å²) in [7, 11) is 0. The molecule has 0 aliphatic rings. The molecule has 2 atom stereocenters. The summed E-state index contributed by atoms with van der Waals surface area (Å²) in [4.78, 5) is 2.55. The topological polar surface area (TPSA) is 35.2 Å². The van der Waals surface area contributed by atoms with Crippen LogP contribution in [0.1, 0.15) is 36.6 Å². The Morgan fingerprint density at radius 3 is 2.40 bits per heavy atom. The van der Waals surface area contributed by atoms with Gasteiger partial charge < -0.3 is 10.5 Å². The highest BCUT2D eigenvalue weighted by molar-refractivity contribution is 7.12. The highest BCUT2D eigenvalue weighted by Crippen LogP contribution is 2.27. The summed E-state index contributed by atoms with van der Waals surface area (Å²) in [5.41, 5.74) is 5.95. The van der Waals surface area contributed by atoms with Crippen molar-refractivity contribution in [2.45, 2.75) is 39.8 Å². The SMILES string of the molecule is Cc1ccc(C(OCC(C)C)C(C)N)s1. The van der Waals surface area contributed by atoms with Gasteiger partial charge in [-0.1, -0.05) is 13.8 Å². The fraction of sp³-hybridized carbons (Fsp3) is 0.667. The fourth-order valence-corrected chi connectivity index (χ4v) is 2.44. The Bertz CT molecular complexity index is 294. The maximum Gasteiger partial charge on any atom is 0.106 e. The number of nitrogens with two attached hydrogens (primary N) is 1. The Morgan fingerprint density at radius 1 is 1.33 bits per heavy atom. The van der Waals surface area contributed by atoms with Gasteiger partial charge in [0.25, 0.3) is 0 Å². The van der Waals surface area contributed by atoms with E-state index in [9.17, 15) is 0 Å². The van der Waals surface area contributed by atoms with Crippen LogP contribution in [-0.4, -0.2) is 12.6 Å². The van der Waals surface area contributed by atoms with Crippen molar-refractivity contribution in [3.05, 3.63) is 21.9 Å². The molecule has 0 saturated heterocycles. The van der Waals surface area contributed by atoms with E-state index in [2.05, 4.69) is 32.9 Å². The molecule has 0 amide bonds. The van der Waals surface area contributed by atoms with Gasteiger partial charge in [0.05, 0.1) is 0 Å². The molecule has 2 N–H and O–H groups in total. The Labute approximate surface area is 96.4 Å². The average Bonchev–Trinajstić information content (AvgIpc) is 2.51. The Balaban J connectivity index is 2.66. The fourth-order valence-electron chi connectivity index (χ4n) is 1.40.